The van der Waals surface area contributed by atoms with Gasteiger partial charge in [0, 0.05) is 5.69 Å². The Labute approximate surface area is 182 Å². The number of para-hydroxylation sites is 1. The Balaban J connectivity index is 1.92. The van der Waals surface area contributed by atoms with Crippen molar-refractivity contribution in [1.29, 1.82) is 0 Å². The molecule has 0 unspecified atom stereocenters. The average molecular weight is 410 g/mol. The highest BCUT2D eigenvalue weighted by Gasteiger charge is 2.43. The lowest BCUT2D eigenvalue weighted by Crippen LogP contribution is -2.66. The molecule has 0 saturated heterocycles. The number of anilines is 1. The van der Waals surface area contributed by atoms with Crippen LogP contribution in [0.4, 0.5) is 5.69 Å². The Hall–Kier alpha value is -2.84. The standard InChI is InChI=1S/C28H31NSi/c1-2-3-7-15-24-16-14-23-28(24)30(26-19-10-5-11-20-26,27-21-12-6-13-22-27)29-25-17-8-4-9-18-25/h4-6,8-14,16-22,29H,2-3,7,15,23H2,1H3. The highest BCUT2D eigenvalue weighted by atomic mass is 28.3. The fourth-order valence-corrected chi connectivity index (χ4v) is 9.16. The number of nitrogens with one attached hydrogen (secondary N) is 1. The molecule has 1 nitrogen and oxygen atoms in total. The molecule has 0 aliphatic heterocycles. The molecule has 3 aromatic rings. The van der Waals surface area contributed by atoms with Gasteiger partial charge in [-0.2, -0.15) is 0 Å². The summed E-state index contributed by atoms with van der Waals surface area (Å²) >= 11 is 0. The van der Waals surface area contributed by atoms with Crippen LogP contribution < -0.4 is 15.4 Å². The summed E-state index contributed by atoms with van der Waals surface area (Å²) in [5.74, 6) is 0. The Morgan fingerprint density at radius 2 is 1.30 bits per heavy atom. The summed E-state index contributed by atoms with van der Waals surface area (Å²) in [6.45, 7) is 2.28. The Morgan fingerprint density at radius 3 is 1.87 bits per heavy atom. The normalized spacial score (nSPS) is 13.6. The molecule has 0 amide bonds. The number of allylic oxidation sites excluding steroid dienone is 4. The van der Waals surface area contributed by atoms with Crippen molar-refractivity contribution >= 4 is 24.3 Å². The van der Waals surface area contributed by atoms with Crippen LogP contribution >= 0.6 is 0 Å². The van der Waals surface area contributed by atoms with Gasteiger partial charge in [0.25, 0.3) is 0 Å². The summed E-state index contributed by atoms with van der Waals surface area (Å²) in [6, 6.07) is 33.0. The molecule has 1 aliphatic carbocycles. The van der Waals surface area contributed by atoms with Gasteiger partial charge in [-0.25, -0.2) is 0 Å². The summed E-state index contributed by atoms with van der Waals surface area (Å²) in [6.07, 6.45) is 10.8. The van der Waals surface area contributed by atoms with Gasteiger partial charge in [0.2, 0.25) is 8.24 Å². The van der Waals surface area contributed by atoms with Crippen LogP contribution in [-0.4, -0.2) is 8.24 Å². The number of benzene rings is 3. The lowest BCUT2D eigenvalue weighted by Gasteiger charge is -2.37. The van der Waals surface area contributed by atoms with E-state index in [-0.39, 0.29) is 0 Å². The van der Waals surface area contributed by atoms with Gasteiger partial charge in [-0.05, 0) is 47.0 Å². The molecule has 0 bridgehead atoms. The first-order valence-electron chi connectivity index (χ1n) is 11.2. The van der Waals surface area contributed by atoms with Gasteiger partial charge >= 0.3 is 0 Å². The van der Waals surface area contributed by atoms with Gasteiger partial charge in [0.15, 0.2) is 0 Å². The molecular formula is C28H31NSi. The molecule has 4 rings (SSSR count). The molecule has 0 atom stereocenters. The molecule has 0 fully saturated rings. The van der Waals surface area contributed by atoms with E-state index in [9.17, 15) is 0 Å². The second-order valence-corrected chi connectivity index (χ2v) is 11.5. The summed E-state index contributed by atoms with van der Waals surface area (Å²) < 4.78 is 0. The minimum absolute atomic E-state index is 1.04. The zero-order valence-electron chi connectivity index (χ0n) is 17.9. The van der Waals surface area contributed by atoms with E-state index in [0.717, 1.165) is 6.42 Å². The average Bonchev–Trinajstić information content (AvgIpc) is 3.28. The maximum atomic E-state index is 4.13. The minimum atomic E-state index is -2.41. The van der Waals surface area contributed by atoms with Crippen LogP contribution in [0.15, 0.2) is 114 Å². The smallest absolute Gasteiger partial charge is 0.247 e. The SMILES string of the molecule is CCCCCC1=C([Si](Nc2ccccc2)(c2ccccc2)c2ccccc2)CC=C1. The van der Waals surface area contributed by atoms with E-state index < -0.39 is 8.24 Å². The Kier molecular flexibility index (Phi) is 6.66. The molecule has 0 spiro atoms. The Morgan fingerprint density at radius 1 is 0.733 bits per heavy atom. The number of unbranched alkanes of at least 4 members (excludes halogenated alkanes) is 2. The van der Waals surface area contributed by atoms with Crippen LogP contribution in [0.3, 0.4) is 0 Å². The fourth-order valence-electron chi connectivity index (χ4n) is 4.59. The predicted octanol–water partition coefficient (Wildman–Crippen LogP) is 6.23. The topological polar surface area (TPSA) is 12.0 Å². The van der Waals surface area contributed by atoms with Crippen molar-refractivity contribution in [2.75, 3.05) is 4.98 Å². The van der Waals surface area contributed by atoms with Crippen molar-refractivity contribution < 1.29 is 0 Å². The van der Waals surface area contributed by atoms with Gasteiger partial charge in [0.1, 0.15) is 0 Å². The molecule has 30 heavy (non-hydrogen) atoms. The van der Waals surface area contributed by atoms with Crippen molar-refractivity contribution in [3.05, 3.63) is 114 Å². The first-order valence-corrected chi connectivity index (χ1v) is 13.2. The summed E-state index contributed by atoms with van der Waals surface area (Å²) in [5.41, 5.74) is 2.75. The molecule has 0 saturated carbocycles. The lowest BCUT2D eigenvalue weighted by molar-refractivity contribution is 0.719. The lowest BCUT2D eigenvalue weighted by atomic mass is 10.1. The van der Waals surface area contributed by atoms with E-state index >= 15 is 0 Å². The molecule has 0 aromatic heterocycles. The second kappa shape index (κ2) is 9.77. The van der Waals surface area contributed by atoms with E-state index in [1.54, 1.807) is 10.8 Å². The summed E-state index contributed by atoms with van der Waals surface area (Å²) in [4.78, 5) is 4.13. The number of rotatable bonds is 9. The third kappa shape index (κ3) is 4.19. The van der Waals surface area contributed by atoms with Crippen molar-refractivity contribution in [1.82, 2.24) is 0 Å². The molecule has 2 heteroatoms. The van der Waals surface area contributed by atoms with Gasteiger partial charge in [-0.3, -0.25) is 0 Å². The third-order valence-electron chi connectivity index (χ3n) is 6.05. The van der Waals surface area contributed by atoms with Crippen LogP contribution in [0.25, 0.3) is 0 Å². The fraction of sp³-hybridized carbons (Fsp3) is 0.214. The van der Waals surface area contributed by atoms with Crippen LogP contribution in [0, 0.1) is 0 Å². The largest absolute Gasteiger partial charge is 0.400 e. The van der Waals surface area contributed by atoms with Crippen LogP contribution in [0.2, 0.25) is 0 Å². The maximum absolute atomic E-state index is 4.13. The molecule has 3 aromatic carbocycles. The second-order valence-electron chi connectivity index (χ2n) is 8.04. The molecule has 1 N–H and O–H groups in total. The van der Waals surface area contributed by atoms with Crippen molar-refractivity contribution in [3.8, 4) is 0 Å². The van der Waals surface area contributed by atoms with Crippen LogP contribution in [0.1, 0.15) is 39.0 Å². The molecular weight excluding hydrogens is 378 g/mol. The first-order chi connectivity index (χ1) is 14.8. The quantitative estimate of drug-likeness (QED) is 0.326. The monoisotopic (exact) mass is 409 g/mol. The predicted molar refractivity (Wildman–Crippen MR) is 133 cm³/mol. The Bertz CT molecular complexity index is 951. The van der Waals surface area contributed by atoms with Gasteiger partial charge in [0.05, 0.1) is 0 Å². The first kappa shape index (κ1) is 20.4. The zero-order chi connectivity index (χ0) is 20.7. The van der Waals surface area contributed by atoms with Crippen LogP contribution in [0.5, 0.6) is 0 Å². The van der Waals surface area contributed by atoms with E-state index in [2.05, 4.69) is 115 Å². The van der Waals surface area contributed by atoms with E-state index in [4.69, 9.17) is 0 Å². The summed E-state index contributed by atoms with van der Waals surface area (Å²) in [5, 5.41) is 4.46. The van der Waals surface area contributed by atoms with Crippen molar-refractivity contribution in [3.63, 3.8) is 0 Å². The molecule has 0 radical (unpaired) electrons. The zero-order valence-corrected chi connectivity index (χ0v) is 18.9. The highest BCUT2D eigenvalue weighted by Crippen LogP contribution is 2.32. The van der Waals surface area contributed by atoms with Crippen molar-refractivity contribution in [2.24, 2.45) is 0 Å². The molecule has 0 heterocycles. The summed E-state index contributed by atoms with van der Waals surface area (Å²) in [7, 11) is -2.41. The number of hydrogen-bond acceptors (Lipinski definition) is 1. The van der Waals surface area contributed by atoms with E-state index in [0.29, 0.717) is 0 Å². The van der Waals surface area contributed by atoms with Crippen LogP contribution in [-0.2, 0) is 0 Å². The van der Waals surface area contributed by atoms with Crippen molar-refractivity contribution in [2.45, 2.75) is 39.0 Å². The highest BCUT2D eigenvalue weighted by molar-refractivity contribution is 7.09. The molecule has 152 valence electrons. The molecule has 1 aliphatic rings. The van der Waals surface area contributed by atoms with Gasteiger partial charge < -0.3 is 4.98 Å². The van der Waals surface area contributed by atoms with E-state index in [1.807, 2.05) is 0 Å². The van der Waals surface area contributed by atoms with E-state index in [1.165, 1.54) is 41.7 Å². The number of hydrogen-bond donors (Lipinski definition) is 1. The van der Waals surface area contributed by atoms with Gasteiger partial charge in [-0.15, -0.1) is 0 Å². The third-order valence-corrected chi connectivity index (χ3v) is 10.5. The maximum Gasteiger partial charge on any atom is 0.247 e. The van der Waals surface area contributed by atoms with Gasteiger partial charge in [-0.1, -0.05) is 116 Å². The minimum Gasteiger partial charge on any atom is -0.400 e.